The summed E-state index contributed by atoms with van der Waals surface area (Å²) in [7, 11) is 0. The molecule has 1 aliphatic rings. The smallest absolute Gasteiger partial charge is 0.410 e. The molecule has 1 aliphatic heterocycles. The van der Waals surface area contributed by atoms with E-state index in [2.05, 4.69) is 17.4 Å². The maximum atomic E-state index is 12.0. The summed E-state index contributed by atoms with van der Waals surface area (Å²) in [6.07, 6.45) is -0.854. The van der Waals surface area contributed by atoms with Gasteiger partial charge in [0.15, 0.2) is 0 Å². The molecule has 0 aromatic heterocycles. The van der Waals surface area contributed by atoms with Crippen molar-refractivity contribution in [3.63, 3.8) is 0 Å². The Kier molecular flexibility index (Phi) is 5.42. The number of carbonyl (C=O) groups excluding carboxylic acids is 1. The molecule has 1 aromatic carbocycles. The molecule has 1 saturated heterocycles. The van der Waals surface area contributed by atoms with E-state index in [4.69, 9.17) is 4.74 Å². The summed E-state index contributed by atoms with van der Waals surface area (Å²) in [5.74, 6) is 0.0382. The van der Waals surface area contributed by atoms with Gasteiger partial charge in [0.05, 0.1) is 12.6 Å². The first-order chi connectivity index (χ1) is 10.3. The fraction of sp³-hybridized carbons (Fsp3) is 0.588. The van der Waals surface area contributed by atoms with Crippen molar-refractivity contribution in [1.82, 2.24) is 10.2 Å². The summed E-state index contributed by atoms with van der Waals surface area (Å²) in [4.78, 5) is 13.6. The van der Waals surface area contributed by atoms with Crippen LogP contribution in [0.4, 0.5) is 4.79 Å². The number of ether oxygens (including phenoxy) is 1. The van der Waals surface area contributed by atoms with Crippen molar-refractivity contribution < 1.29 is 14.6 Å². The van der Waals surface area contributed by atoms with E-state index in [1.54, 1.807) is 4.90 Å². The highest BCUT2D eigenvalue weighted by Crippen LogP contribution is 2.19. The Morgan fingerprint density at radius 1 is 1.32 bits per heavy atom. The Balaban J connectivity index is 1.77. The van der Waals surface area contributed by atoms with E-state index in [1.807, 2.05) is 39.0 Å². The number of amides is 1. The van der Waals surface area contributed by atoms with E-state index >= 15 is 0 Å². The molecule has 1 aromatic rings. The number of aliphatic hydroxyl groups is 1. The fourth-order valence-electron chi connectivity index (χ4n) is 2.53. The van der Waals surface area contributed by atoms with Crippen molar-refractivity contribution in [2.45, 2.75) is 39.0 Å². The summed E-state index contributed by atoms with van der Waals surface area (Å²) >= 11 is 0. The third-order valence-corrected chi connectivity index (χ3v) is 3.64. The molecule has 1 unspecified atom stereocenters. The van der Waals surface area contributed by atoms with E-state index in [-0.39, 0.29) is 12.0 Å². The van der Waals surface area contributed by atoms with Gasteiger partial charge >= 0.3 is 6.09 Å². The Bertz CT molecular complexity index is 484. The van der Waals surface area contributed by atoms with Gasteiger partial charge in [-0.15, -0.1) is 0 Å². The average molecular weight is 306 g/mol. The Hall–Kier alpha value is -1.59. The zero-order valence-electron chi connectivity index (χ0n) is 13.6. The van der Waals surface area contributed by atoms with Gasteiger partial charge in [0.1, 0.15) is 5.60 Å². The van der Waals surface area contributed by atoms with E-state index < -0.39 is 11.7 Å². The van der Waals surface area contributed by atoms with Gasteiger partial charge in [0.25, 0.3) is 0 Å². The summed E-state index contributed by atoms with van der Waals surface area (Å²) in [5.41, 5.74) is 0.699. The SMILES string of the molecule is CC(C)(C)OC(=O)N1CC(CNCc2ccccc2)[C@H](O)C1. The molecule has 0 saturated carbocycles. The molecule has 0 spiro atoms. The van der Waals surface area contributed by atoms with E-state index in [0.717, 1.165) is 6.54 Å². The molecule has 1 amide bonds. The number of aliphatic hydroxyl groups excluding tert-OH is 1. The van der Waals surface area contributed by atoms with Gasteiger partial charge in [0, 0.05) is 25.6 Å². The number of β-amino-alcohol motifs (C(OH)–C–C–N with tert-alkyl or cyclic N) is 1. The van der Waals surface area contributed by atoms with E-state index in [9.17, 15) is 9.90 Å². The Morgan fingerprint density at radius 3 is 2.64 bits per heavy atom. The number of rotatable bonds is 4. The zero-order valence-corrected chi connectivity index (χ0v) is 13.6. The molecule has 5 nitrogen and oxygen atoms in total. The highest BCUT2D eigenvalue weighted by atomic mass is 16.6. The Labute approximate surface area is 132 Å². The van der Waals surface area contributed by atoms with Crippen molar-refractivity contribution in [2.24, 2.45) is 5.92 Å². The molecular weight excluding hydrogens is 280 g/mol. The second-order valence-corrected chi connectivity index (χ2v) is 6.83. The standard InChI is InChI=1S/C17H26N2O3/c1-17(2,3)22-16(21)19-11-14(15(20)12-19)10-18-9-13-7-5-4-6-8-13/h4-8,14-15,18,20H,9-12H2,1-3H3/t14?,15-/m1/s1. The van der Waals surface area contributed by atoms with Crippen molar-refractivity contribution in [2.75, 3.05) is 19.6 Å². The van der Waals surface area contributed by atoms with Crippen LogP contribution in [0.1, 0.15) is 26.3 Å². The van der Waals surface area contributed by atoms with Gasteiger partial charge in [-0.3, -0.25) is 0 Å². The lowest BCUT2D eigenvalue weighted by Gasteiger charge is -2.24. The number of hydrogen-bond acceptors (Lipinski definition) is 4. The van der Waals surface area contributed by atoms with Crippen LogP contribution in [0.5, 0.6) is 0 Å². The van der Waals surface area contributed by atoms with Gasteiger partial charge < -0.3 is 20.1 Å². The maximum Gasteiger partial charge on any atom is 0.410 e. The average Bonchev–Trinajstić information content (AvgIpc) is 2.80. The van der Waals surface area contributed by atoms with Crippen LogP contribution in [0.3, 0.4) is 0 Å². The van der Waals surface area contributed by atoms with Gasteiger partial charge in [0.2, 0.25) is 0 Å². The van der Waals surface area contributed by atoms with Gasteiger partial charge in [-0.2, -0.15) is 0 Å². The minimum absolute atomic E-state index is 0.0382. The van der Waals surface area contributed by atoms with Gasteiger partial charge in [-0.1, -0.05) is 30.3 Å². The number of carbonyl (C=O) groups is 1. The van der Waals surface area contributed by atoms with Crippen molar-refractivity contribution in [1.29, 1.82) is 0 Å². The minimum Gasteiger partial charge on any atom is -0.444 e. The van der Waals surface area contributed by atoms with Crippen LogP contribution in [0.2, 0.25) is 0 Å². The number of nitrogens with one attached hydrogen (secondary N) is 1. The lowest BCUT2D eigenvalue weighted by Crippen LogP contribution is -2.36. The van der Waals surface area contributed by atoms with Crippen LogP contribution in [0.25, 0.3) is 0 Å². The molecule has 122 valence electrons. The number of nitrogens with zero attached hydrogens (tertiary/aromatic N) is 1. The summed E-state index contributed by atoms with van der Waals surface area (Å²) < 4.78 is 5.35. The molecule has 2 rings (SSSR count). The van der Waals surface area contributed by atoms with Crippen LogP contribution < -0.4 is 5.32 Å². The lowest BCUT2D eigenvalue weighted by atomic mass is 10.1. The molecule has 0 radical (unpaired) electrons. The highest BCUT2D eigenvalue weighted by molar-refractivity contribution is 5.68. The molecule has 0 aliphatic carbocycles. The zero-order chi connectivity index (χ0) is 16.2. The first kappa shape index (κ1) is 16.8. The number of hydrogen-bond donors (Lipinski definition) is 2. The highest BCUT2D eigenvalue weighted by Gasteiger charge is 2.35. The van der Waals surface area contributed by atoms with Crippen molar-refractivity contribution in [3.8, 4) is 0 Å². The molecule has 5 heteroatoms. The topological polar surface area (TPSA) is 61.8 Å². The molecule has 22 heavy (non-hydrogen) atoms. The van der Waals surface area contributed by atoms with E-state index in [1.165, 1.54) is 5.56 Å². The van der Waals surface area contributed by atoms with Crippen LogP contribution in [0, 0.1) is 5.92 Å². The van der Waals surface area contributed by atoms with Crippen molar-refractivity contribution in [3.05, 3.63) is 35.9 Å². The van der Waals surface area contributed by atoms with Crippen LogP contribution in [-0.4, -0.2) is 47.4 Å². The molecule has 1 heterocycles. The summed E-state index contributed by atoms with van der Waals surface area (Å²) in [5, 5.41) is 13.5. The van der Waals surface area contributed by atoms with Gasteiger partial charge in [-0.05, 0) is 26.3 Å². The third-order valence-electron chi connectivity index (χ3n) is 3.64. The normalized spacial score (nSPS) is 21.9. The minimum atomic E-state index is -0.508. The fourth-order valence-corrected chi connectivity index (χ4v) is 2.53. The maximum absolute atomic E-state index is 12.0. The Morgan fingerprint density at radius 2 is 2.00 bits per heavy atom. The number of likely N-dealkylation sites (tertiary alicyclic amines) is 1. The third kappa shape index (κ3) is 5.00. The lowest BCUT2D eigenvalue weighted by molar-refractivity contribution is 0.0270. The van der Waals surface area contributed by atoms with E-state index in [0.29, 0.717) is 19.6 Å². The van der Waals surface area contributed by atoms with Crippen LogP contribution in [0.15, 0.2) is 30.3 Å². The number of benzene rings is 1. The first-order valence-electron chi connectivity index (χ1n) is 7.76. The molecule has 2 atom stereocenters. The van der Waals surface area contributed by atoms with Gasteiger partial charge in [-0.25, -0.2) is 4.79 Å². The van der Waals surface area contributed by atoms with Crippen LogP contribution >= 0.6 is 0 Å². The predicted octanol–water partition coefficient (Wildman–Crippen LogP) is 2.00. The van der Waals surface area contributed by atoms with Crippen LogP contribution in [-0.2, 0) is 11.3 Å². The molecule has 2 N–H and O–H groups in total. The second-order valence-electron chi connectivity index (χ2n) is 6.83. The molecular formula is C17H26N2O3. The molecule has 0 bridgehead atoms. The quantitative estimate of drug-likeness (QED) is 0.893. The van der Waals surface area contributed by atoms with Crippen molar-refractivity contribution >= 4 is 6.09 Å². The predicted molar refractivity (Wildman–Crippen MR) is 85.5 cm³/mol. The monoisotopic (exact) mass is 306 g/mol. The summed E-state index contributed by atoms with van der Waals surface area (Å²) in [6.45, 7) is 7.83. The summed E-state index contributed by atoms with van der Waals surface area (Å²) in [6, 6.07) is 10.1. The largest absolute Gasteiger partial charge is 0.444 e. The first-order valence-corrected chi connectivity index (χ1v) is 7.76. The second kappa shape index (κ2) is 7.11. The molecule has 1 fully saturated rings.